The molecule has 4 rings (SSSR count). The van der Waals surface area contributed by atoms with E-state index in [1.54, 1.807) is 0 Å². The lowest BCUT2D eigenvalue weighted by Crippen LogP contribution is -2.17. The molecule has 0 saturated carbocycles. The van der Waals surface area contributed by atoms with Crippen LogP contribution in [0.5, 0.6) is 0 Å². The van der Waals surface area contributed by atoms with Crippen LogP contribution in [0.25, 0.3) is 22.0 Å². The Hall–Kier alpha value is -3.97. The maximum atomic E-state index is 15.4. The number of benzene rings is 3. The fourth-order valence-corrected chi connectivity index (χ4v) is 5.02. The molecule has 0 aliphatic heterocycles. The summed E-state index contributed by atoms with van der Waals surface area (Å²) in [6.07, 6.45) is 0. The van der Waals surface area contributed by atoms with Crippen molar-refractivity contribution in [2.75, 3.05) is 4.72 Å². The van der Waals surface area contributed by atoms with Crippen LogP contribution < -0.4 is 10.5 Å². The molecule has 5 N–H and O–H groups in total. The van der Waals surface area contributed by atoms with Crippen LogP contribution in [0, 0.1) is 30.2 Å². The highest BCUT2D eigenvalue weighted by Crippen LogP contribution is 2.36. The Morgan fingerprint density at radius 1 is 1.11 bits per heavy atom. The molecule has 1 amide bonds. The van der Waals surface area contributed by atoms with Crippen molar-refractivity contribution in [2.24, 2.45) is 5.73 Å². The molecule has 0 bridgehead atoms. The van der Waals surface area contributed by atoms with E-state index < -0.39 is 73.0 Å². The fraction of sp³-hybridized carbons (Fsp3) is 0.0909. The van der Waals surface area contributed by atoms with E-state index in [0.717, 1.165) is 24.3 Å². The number of hydrogen-bond acceptors (Lipinski definition) is 5. The summed E-state index contributed by atoms with van der Waals surface area (Å²) in [5, 5.41) is 15.2. The molecule has 0 radical (unpaired) electrons. The maximum absolute atomic E-state index is 15.4. The minimum absolute atomic E-state index is 0.00431. The average molecular weight is 508 g/mol. The minimum Gasteiger partial charge on any atom is -0.392 e. The molecule has 35 heavy (non-hydrogen) atoms. The third-order valence-corrected chi connectivity index (χ3v) is 6.90. The van der Waals surface area contributed by atoms with Crippen LogP contribution in [0.1, 0.15) is 21.6 Å². The van der Waals surface area contributed by atoms with Gasteiger partial charge in [0.25, 0.3) is 15.9 Å². The predicted octanol–water partition coefficient (Wildman–Crippen LogP) is 3.49. The van der Waals surface area contributed by atoms with E-state index in [1.807, 2.05) is 4.72 Å². The molecule has 0 atom stereocenters. The molecule has 1 heterocycles. The van der Waals surface area contributed by atoms with E-state index in [9.17, 15) is 27.1 Å². The number of anilines is 1. The Morgan fingerprint density at radius 3 is 2.49 bits per heavy atom. The van der Waals surface area contributed by atoms with Crippen LogP contribution in [0.15, 0.2) is 41.3 Å². The summed E-state index contributed by atoms with van der Waals surface area (Å²) in [6.45, 7) is 0.675. The van der Waals surface area contributed by atoms with Crippen LogP contribution in [0.3, 0.4) is 0 Å². The SMILES string of the molecule is Cc1c(CO)cc(F)cc1S(=O)(=O)Nc1ccc(F)c(-c2ccc3c(C(N)=O)[nH]nc3c2F)c1F. The molecule has 4 aromatic rings. The van der Waals surface area contributed by atoms with Crippen LogP contribution in [0.2, 0.25) is 0 Å². The number of fused-ring (bicyclic) bond motifs is 1. The number of amides is 1. The Labute approximate surface area is 195 Å². The first-order chi connectivity index (χ1) is 16.5. The van der Waals surface area contributed by atoms with Crippen LogP contribution in [-0.4, -0.2) is 29.6 Å². The summed E-state index contributed by atoms with van der Waals surface area (Å²) in [4.78, 5) is 10.9. The number of nitrogens with zero attached hydrogens (tertiary/aromatic N) is 1. The quantitative estimate of drug-likeness (QED) is 0.296. The number of aromatic nitrogens is 2. The summed E-state index contributed by atoms with van der Waals surface area (Å²) in [6, 6.07) is 5.30. The lowest BCUT2D eigenvalue weighted by molar-refractivity contribution is 0.0997. The maximum Gasteiger partial charge on any atom is 0.267 e. The highest BCUT2D eigenvalue weighted by molar-refractivity contribution is 7.92. The molecule has 13 heteroatoms. The van der Waals surface area contributed by atoms with Gasteiger partial charge in [-0.25, -0.2) is 26.0 Å². The molecule has 1 aromatic heterocycles. The minimum atomic E-state index is -4.61. The third-order valence-electron chi connectivity index (χ3n) is 5.41. The molecular formula is C22H16F4N4O4S. The van der Waals surface area contributed by atoms with Gasteiger partial charge in [-0.3, -0.25) is 14.6 Å². The van der Waals surface area contributed by atoms with Gasteiger partial charge in [-0.1, -0.05) is 6.07 Å². The van der Waals surface area contributed by atoms with E-state index >= 15 is 8.78 Å². The van der Waals surface area contributed by atoms with Crippen molar-refractivity contribution < 1.29 is 35.9 Å². The molecule has 0 spiro atoms. The monoisotopic (exact) mass is 508 g/mol. The summed E-state index contributed by atoms with van der Waals surface area (Å²) >= 11 is 0. The number of carbonyl (C=O) groups excluding carboxylic acids is 1. The van der Waals surface area contributed by atoms with Gasteiger partial charge in [0.05, 0.1) is 22.8 Å². The van der Waals surface area contributed by atoms with Gasteiger partial charge in [0.2, 0.25) is 0 Å². The first kappa shape index (κ1) is 24.2. The largest absolute Gasteiger partial charge is 0.392 e. The molecule has 0 unspecified atom stereocenters. The van der Waals surface area contributed by atoms with Crippen molar-refractivity contribution in [1.29, 1.82) is 0 Å². The van der Waals surface area contributed by atoms with Crippen molar-refractivity contribution in [1.82, 2.24) is 10.2 Å². The molecular weight excluding hydrogens is 492 g/mol. The average Bonchev–Trinajstić information content (AvgIpc) is 3.24. The van der Waals surface area contributed by atoms with E-state index in [2.05, 4.69) is 10.2 Å². The Bertz CT molecular complexity index is 1620. The molecule has 182 valence electrons. The number of sulfonamides is 1. The fourth-order valence-electron chi connectivity index (χ4n) is 3.66. The van der Waals surface area contributed by atoms with Crippen molar-refractivity contribution in [2.45, 2.75) is 18.4 Å². The van der Waals surface area contributed by atoms with E-state index in [0.29, 0.717) is 6.07 Å². The lowest BCUT2D eigenvalue weighted by atomic mass is 10.0. The molecule has 0 fully saturated rings. The Kier molecular flexibility index (Phi) is 5.99. The zero-order chi connectivity index (χ0) is 25.7. The second-order valence-electron chi connectivity index (χ2n) is 7.52. The van der Waals surface area contributed by atoms with Gasteiger partial charge in [-0.15, -0.1) is 0 Å². The standard InChI is InChI=1S/C22H16F4N4O4S/c1-9-10(8-31)6-11(23)7-16(9)35(33,34)30-15-5-4-14(24)17(19(15)26)12-2-3-13-20(18(12)25)28-29-21(13)22(27)32/h2-7,30-31H,8H2,1H3,(H2,27,32)(H,28,29). The zero-order valence-electron chi connectivity index (χ0n) is 17.8. The summed E-state index contributed by atoms with van der Waals surface area (Å²) in [5.74, 6) is -5.72. The number of primary amides is 1. The number of carbonyl (C=O) groups is 1. The normalized spacial score (nSPS) is 11.7. The van der Waals surface area contributed by atoms with Crippen LogP contribution in [-0.2, 0) is 16.6 Å². The first-order valence-corrected chi connectivity index (χ1v) is 11.3. The van der Waals surface area contributed by atoms with E-state index in [4.69, 9.17) is 5.73 Å². The van der Waals surface area contributed by atoms with Gasteiger partial charge < -0.3 is 10.8 Å². The smallest absolute Gasteiger partial charge is 0.267 e. The number of H-pyrrole nitrogens is 1. The van der Waals surface area contributed by atoms with E-state index in [1.165, 1.54) is 13.0 Å². The molecule has 0 saturated heterocycles. The van der Waals surface area contributed by atoms with Gasteiger partial charge in [0, 0.05) is 10.9 Å². The van der Waals surface area contributed by atoms with Crippen molar-refractivity contribution in [3.8, 4) is 11.1 Å². The molecule has 3 aromatic carbocycles. The van der Waals surface area contributed by atoms with Crippen LogP contribution >= 0.6 is 0 Å². The van der Waals surface area contributed by atoms with Crippen molar-refractivity contribution >= 4 is 32.5 Å². The highest BCUT2D eigenvalue weighted by Gasteiger charge is 2.26. The number of aromatic amines is 1. The Morgan fingerprint density at radius 2 is 1.83 bits per heavy atom. The second kappa shape index (κ2) is 8.67. The molecule has 0 aliphatic rings. The summed E-state index contributed by atoms with van der Waals surface area (Å²) < 4.78 is 86.7. The van der Waals surface area contributed by atoms with Gasteiger partial charge in [0.15, 0.2) is 11.6 Å². The number of halogens is 4. The van der Waals surface area contributed by atoms with Gasteiger partial charge in [-0.2, -0.15) is 5.10 Å². The molecule has 0 aliphatic carbocycles. The summed E-state index contributed by atoms with van der Waals surface area (Å²) in [7, 11) is -4.61. The van der Waals surface area contributed by atoms with Gasteiger partial charge >= 0.3 is 0 Å². The predicted molar refractivity (Wildman–Crippen MR) is 118 cm³/mol. The van der Waals surface area contributed by atoms with Crippen LogP contribution in [0.4, 0.5) is 23.2 Å². The first-order valence-electron chi connectivity index (χ1n) is 9.83. The van der Waals surface area contributed by atoms with Crippen molar-refractivity contribution in [3.63, 3.8) is 0 Å². The molecule has 8 nitrogen and oxygen atoms in total. The number of nitrogens with one attached hydrogen (secondary N) is 2. The number of rotatable bonds is 6. The Balaban J connectivity index is 1.83. The number of aliphatic hydroxyl groups excluding tert-OH is 1. The second-order valence-corrected chi connectivity index (χ2v) is 9.17. The number of nitrogens with two attached hydrogens (primary N) is 1. The number of hydrogen-bond donors (Lipinski definition) is 4. The van der Waals surface area contributed by atoms with Gasteiger partial charge in [0.1, 0.15) is 22.8 Å². The highest BCUT2D eigenvalue weighted by atomic mass is 32.2. The topological polar surface area (TPSA) is 138 Å². The van der Waals surface area contributed by atoms with E-state index in [-0.39, 0.29) is 22.2 Å². The number of aliphatic hydroxyl groups is 1. The zero-order valence-corrected chi connectivity index (χ0v) is 18.6. The lowest BCUT2D eigenvalue weighted by Gasteiger charge is -2.15. The summed E-state index contributed by atoms with van der Waals surface area (Å²) in [5.41, 5.74) is 2.34. The third kappa shape index (κ3) is 4.08. The van der Waals surface area contributed by atoms with Gasteiger partial charge in [-0.05, 0) is 48.4 Å². The van der Waals surface area contributed by atoms with Crippen molar-refractivity contribution in [3.05, 3.63) is 76.5 Å².